The molecular formula is C30H22F4N6O5S. The van der Waals surface area contributed by atoms with Crippen LogP contribution in [0.15, 0.2) is 108 Å². The Hall–Kier alpha value is -5.61. The fourth-order valence-electron chi connectivity index (χ4n) is 3.95. The summed E-state index contributed by atoms with van der Waals surface area (Å²) in [7, 11) is -4.88. The van der Waals surface area contributed by atoms with Gasteiger partial charge in [-0.25, -0.2) is 22.6 Å². The van der Waals surface area contributed by atoms with Gasteiger partial charge in [0.1, 0.15) is 23.1 Å². The van der Waals surface area contributed by atoms with Crippen LogP contribution in [0.5, 0.6) is 11.5 Å². The van der Waals surface area contributed by atoms with Crippen LogP contribution in [-0.4, -0.2) is 40.0 Å². The third-order valence-corrected chi connectivity index (χ3v) is 7.66. The molecule has 5 rings (SSSR count). The van der Waals surface area contributed by atoms with Gasteiger partial charge in [-0.1, -0.05) is 30.3 Å². The summed E-state index contributed by atoms with van der Waals surface area (Å²) < 4.78 is 83.9. The lowest BCUT2D eigenvalue weighted by molar-refractivity contribution is -0.224. The van der Waals surface area contributed by atoms with Crippen molar-refractivity contribution in [3.8, 4) is 22.8 Å². The number of hydroxylamine groups is 1. The van der Waals surface area contributed by atoms with E-state index < -0.39 is 39.4 Å². The molecule has 2 aromatic heterocycles. The Morgan fingerprint density at radius 2 is 1.59 bits per heavy atom. The second-order valence-corrected chi connectivity index (χ2v) is 11.2. The van der Waals surface area contributed by atoms with E-state index in [0.29, 0.717) is 22.9 Å². The fraction of sp³-hybridized carbons (Fsp3) is 0.0667. The number of ether oxygens (including phenoxy) is 1. The molecule has 0 saturated carbocycles. The molecule has 46 heavy (non-hydrogen) atoms. The molecule has 2 heterocycles. The molecule has 16 heteroatoms. The monoisotopic (exact) mass is 654 g/mol. The lowest BCUT2D eigenvalue weighted by atomic mass is 10.1. The van der Waals surface area contributed by atoms with Crippen LogP contribution in [0.2, 0.25) is 0 Å². The van der Waals surface area contributed by atoms with Gasteiger partial charge in [-0.2, -0.15) is 18.2 Å². The number of halogens is 4. The van der Waals surface area contributed by atoms with Crippen LogP contribution >= 0.6 is 0 Å². The molecule has 236 valence electrons. The van der Waals surface area contributed by atoms with Crippen molar-refractivity contribution in [1.29, 1.82) is 0 Å². The van der Waals surface area contributed by atoms with Crippen molar-refractivity contribution in [2.24, 2.45) is 0 Å². The van der Waals surface area contributed by atoms with E-state index in [1.165, 1.54) is 18.3 Å². The molecule has 0 fully saturated rings. The lowest BCUT2D eigenvalue weighted by Crippen LogP contribution is -2.38. The summed E-state index contributed by atoms with van der Waals surface area (Å²) in [6.07, 6.45) is -4.28. The van der Waals surface area contributed by atoms with E-state index in [9.17, 15) is 30.8 Å². The number of nitrogens with zero attached hydrogens (tertiary/aromatic N) is 4. The molecule has 0 atom stereocenters. The van der Waals surface area contributed by atoms with E-state index in [1.54, 1.807) is 30.3 Å². The van der Waals surface area contributed by atoms with Gasteiger partial charge >= 0.3 is 12.1 Å². The summed E-state index contributed by atoms with van der Waals surface area (Å²) in [6.45, 7) is -0.922. The van der Waals surface area contributed by atoms with Crippen molar-refractivity contribution in [2.75, 3.05) is 11.1 Å². The molecule has 11 nitrogen and oxygen atoms in total. The molecule has 0 bridgehead atoms. The van der Waals surface area contributed by atoms with Gasteiger partial charge in [-0.05, 0) is 59.1 Å². The Kier molecular flexibility index (Phi) is 9.11. The molecule has 0 aliphatic rings. The maximum absolute atomic E-state index is 13.3. The topological polar surface area (TPSA) is 150 Å². The van der Waals surface area contributed by atoms with Gasteiger partial charge in [-0.15, -0.1) is 0 Å². The maximum Gasteiger partial charge on any atom is 0.492 e. The number of aromatic nitrogens is 3. The summed E-state index contributed by atoms with van der Waals surface area (Å²) in [6, 6.07) is 23.6. The minimum atomic E-state index is -5.50. The number of anilines is 3. The minimum Gasteiger partial charge on any atom is -0.457 e. The van der Waals surface area contributed by atoms with Gasteiger partial charge in [0.25, 0.3) is 10.0 Å². The van der Waals surface area contributed by atoms with Crippen LogP contribution in [0, 0.1) is 5.82 Å². The number of hydrogen-bond acceptors (Lipinski definition) is 10. The highest BCUT2D eigenvalue weighted by molar-refractivity contribution is 7.89. The first-order valence-electron chi connectivity index (χ1n) is 13.1. The van der Waals surface area contributed by atoms with E-state index in [-0.39, 0.29) is 21.9 Å². The second kappa shape index (κ2) is 13.2. The highest BCUT2D eigenvalue weighted by Crippen LogP contribution is 2.28. The van der Waals surface area contributed by atoms with Gasteiger partial charge in [0.15, 0.2) is 0 Å². The molecule has 0 saturated heterocycles. The summed E-state index contributed by atoms with van der Waals surface area (Å²) in [4.78, 5) is 27.6. The number of carbonyl (C=O) groups excluding carboxylic acids is 1. The predicted octanol–water partition coefficient (Wildman–Crippen LogP) is 6.01. The average Bonchev–Trinajstić information content (AvgIpc) is 3.02. The van der Waals surface area contributed by atoms with Crippen LogP contribution in [0.25, 0.3) is 11.3 Å². The first-order chi connectivity index (χ1) is 21.9. The molecular weight excluding hydrogens is 632 g/mol. The molecule has 0 spiro atoms. The third-order valence-electron chi connectivity index (χ3n) is 6.05. The van der Waals surface area contributed by atoms with Gasteiger partial charge in [0.2, 0.25) is 5.95 Å². The van der Waals surface area contributed by atoms with Crippen LogP contribution in [0.3, 0.4) is 0 Å². The maximum atomic E-state index is 13.3. The second-order valence-electron chi connectivity index (χ2n) is 9.39. The van der Waals surface area contributed by atoms with Crippen LogP contribution in [0.1, 0.15) is 5.69 Å². The normalized spacial score (nSPS) is 11.7. The zero-order valence-electron chi connectivity index (χ0n) is 23.3. The number of nitrogens with one attached hydrogen (secondary N) is 1. The third kappa shape index (κ3) is 7.91. The summed E-state index contributed by atoms with van der Waals surface area (Å²) in [5.74, 6) is -2.55. The van der Waals surface area contributed by atoms with E-state index in [1.807, 2.05) is 30.3 Å². The standard InChI is InChI=1S/C30H22F4N6O5S/c31-20-6-12-25(13-7-20)46(42,43)40(45-28(41)30(32,33)34)18-22-16-24(14-15-36-22)44-23-10-8-21(9-11-23)37-27-17-26(38-29(35)39-27)19-4-2-1-3-5-19/h1-17H,18H2,(H3,35,37,38,39). The largest absolute Gasteiger partial charge is 0.492 e. The number of nitrogens with two attached hydrogens (primary N) is 1. The van der Waals surface area contributed by atoms with E-state index >= 15 is 0 Å². The first-order valence-corrected chi connectivity index (χ1v) is 14.6. The van der Waals surface area contributed by atoms with Crippen molar-refractivity contribution in [1.82, 2.24) is 19.4 Å². The Morgan fingerprint density at radius 1 is 0.891 bits per heavy atom. The smallest absolute Gasteiger partial charge is 0.457 e. The summed E-state index contributed by atoms with van der Waals surface area (Å²) >= 11 is 0. The number of pyridine rings is 1. The minimum absolute atomic E-state index is 0.0782. The average molecular weight is 655 g/mol. The summed E-state index contributed by atoms with van der Waals surface area (Å²) in [5.41, 5.74) is 7.87. The highest BCUT2D eigenvalue weighted by atomic mass is 32.2. The first kappa shape index (κ1) is 31.8. The van der Waals surface area contributed by atoms with E-state index in [4.69, 9.17) is 10.5 Å². The Labute approximate surface area is 259 Å². The number of rotatable bonds is 10. The Balaban J connectivity index is 1.31. The van der Waals surface area contributed by atoms with Crippen LogP contribution in [-0.2, 0) is 26.2 Å². The molecule has 5 aromatic rings. The van der Waals surface area contributed by atoms with Crippen molar-refractivity contribution < 1.29 is 40.3 Å². The number of hydrogen-bond donors (Lipinski definition) is 2. The Morgan fingerprint density at radius 3 is 2.26 bits per heavy atom. The Bertz CT molecular complexity index is 1950. The zero-order chi connectivity index (χ0) is 32.9. The van der Waals surface area contributed by atoms with Crippen molar-refractivity contribution in [3.63, 3.8) is 0 Å². The van der Waals surface area contributed by atoms with E-state index in [2.05, 4.69) is 25.1 Å². The molecule has 0 radical (unpaired) electrons. The number of sulfonamides is 1. The molecule has 0 aliphatic heterocycles. The fourth-order valence-corrected chi connectivity index (χ4v) is 5.13. The number of benzene rings is 3. The predicted molar refractivity (Wildman–Crippen MR) is 157 cm³/mol. The number of alkyl halides is 3. The molecule has 0 aliphatic carbocycles. The molecule has 0 amide bonds. The van der Waals surface area contributed by atoms with Gasteiger partial charge in [0.05, 0.1) is 22.8 Å². The van der Waals surface area contributed by atoms with Crippen molar-refractivity contribution in [3.05, 3.63) is 115 Å². The van der Waals surface area contributed by atoms with E-state index in [0.717, 1.165) is 29.8 Å². The molecule has 3 aromatic carbocycles. The van der Waals surface area contributed by atoms with Crippen LogP contribution < -0.4 is 15.8 Å². The van der Waals surface area contributed by atoms with Gasteiger partial charge in [-0.3, -0.25) is 4.98 Å². The summed E-state index contributed by atoms with van der Waals surface area (Å²) in [5, 5.41) is 3.13. The SMILES string of the molecule is Nc1nc(Nc2ccc(Oc3ccnc(CN(OC(=O)C(F)(F)F)S(=O)(=O)c4ccc(F)cc4)c3)cc2)cc(-c2ccccc2)n1. The molecule has 0 unspecified atom stereocenters. The van der Waals surface area contributed by atoms with Crippen LogP contribution in [0.4, 0.5) is 35.0 Å². The highest BCUT2D eigenvalue weighted by Gasteiger charge is 2.44. The quantitative estimate of drug-likeness (QED) is 0.135. The van der Waals surface area contributed by atoms with Crippen molar-refractivity contribution in [2.45, 2.75) is 17.6 Å². The van der Waals surface area contributed by atoms with Gasteiger partial charge < -0.3 is 20.6 Å². The van der Waals surface area contributed by atoms with Crippen molar-refractivity contribution >= 4 is 33.4 Å². The lowest BCUT2D eigenvalue weighted by Gasteiger charge is -2.21. The number of carbonyl (C=O) groups is 1. The number of nitrogen functional groups attached to an aromatic ring is 1. The molecule has 3 N–H and O–H groups in total. The zero-order valence-corrected chi connectivity index (χ0v) is 24.2. The van der Waals surface area contributed by atoms with Gasteiger partial charge in [0, 0.05) is 29.6 Å².